The Morgan fingerprint density at radius 3 is 2.80 bits per heavy atom. The van der Waals surface area contributed by atoms with Crippen molar-refractivity contribution in [2.45, 2.75) is 38.1 Å². The van der Waals surface area contributed by atoms with Crippen LogP contribution in [-0.4, -0.2) is 27.3 Å². The summed E-state index contributed by atoms with van der Waals surface area (Å²) in [5.41, 5.74) is 2.70. The lowest BCUT2D eigenvalue weighted by molar-refractivity contribution is 0.249. The van der Waals surface area contributed by atoms with Crippen LogP contribution in [-0.2, 0) is 26.1 Å². The van der Waals surface area contributed by atoms with E-state index < -0.39 is 0 Å². The van der Waals surface area contributed by atoms with E-state index >= 15 is 0 Å². The van der Waals surface area contributed by atoms with Gasteiger partial charge in [-0.2, -0.15) is 0 Å². The van der Waals surface area contributed by atoms with Crippen LogP contribution >= 0.6 is 23.1 Å². The topological polar surface area (TPSA) is 38.1 Å². The number of thiophene rings is 1. The normalized spacial score (nSPS) is 14.8. The van der Waals surface area contributed by atoms with Crippen molar-refractivity contribution in [3.8, 4) is 0 Å². The zero-order valence-electron chi connectivity index (χ0n) is 14.5. The highest BCUT2D eigenvalue weighted by Crippen LogP contribution is 2.33. The van der Waals surface area contributed by atoms with Gasteiger partial charge >= 0.3 is 0 Å². The lowest BCUT2D eigenvalue weighted by Gasteiger charge is -2.26. The Morgan fingerprint density at radius 1 is 1.28 bits per heavy atom. The van der Waals surface area contributed by atoms with Gasteiger partial charge in [0.15, 0.2) is 5.16 Å². The predicted molar refractivity (Wildman–Crippen MR) is 106 cm³/mol. The Balaban J connectivity index is 1.71. The second-order valence-corrected chi connectivity index (χ2v) is 8.14. The molecular weight excluding hydrogens is 350 g/mol. The van der Waals surface area contributed by atoms with Crippen molar-refractivity contribution in [3.05, 3.63) is 56.7 Å². The molecule has 0 amide bonds. The van der Waals surface area contributed by atoms with Crippen molar-refractivity contribution in [2.75, 3.05) is 12.8 Å². The van der Waals surface area contributed by atoms with Crippen molar-refractivity contribution in [3.63, 3.8) is 0 Å². The molecule has 0 saturated carbocycles. The van der Waals surface area contributed by atoms with Gasteiger partial charge in [-0.05, 0) is 30.7 Å². The first-order chi connectivity index (χ1) is 12.2. The van der Waals surface area contributed by atoms with Crippen LogP contribution in [0.2, 0.25) is 0 Å². The molecule has 0 radical (unpaired) electrons. The Labute approximate surface area is 155 Å². The summed E-state index contributed by atoms with van der Waals surface area (Å²) in [5.74, 6) is 0. The highest BCUT2D eigenvalue weighted by atomic mass is 32.2. The summed E-state index contributed by atoms with van der Waals surface area (Å²) in [6, 6.07) is 10.6. The highest BCUT2D eigenvalue weighted by molar-refractivity contribution is 7.98. The molecule has 4 rings (SSSR count). The van der Waals surface area contributed by atoms with E-state index in [0.29, 0.717) is 6.54 Å². The summed E-state index contributed by atoms with van der Waals surface area (Å²) in [7, 11) is 0. The highest BCUT2D eigenvalue weighted by Gasteiger charge is 2.24. The molecule has 4 nitrogen and oxygen atoms in total. The van der Waals surface area contributed by atoms with Crippen molar-refractivity contribution in [1.82, 2.24) is 14.5 Å². The molecular formula is C19H21N3OS2. The van der Waals surface area contributed by atoms with Gasteiger partial charge < -0.3 is 0 Å². The number of hydrogen-bond acceptors (Lipinski definition) is 5. The quantitative estimate of drug-likeness (QED) is 0.517. The van der Waals surface area contributed by atoms with E-state index in [1.807, 2.05) is 13.2 Å². The average Bonchev–Trinajstić information content (AvgIpc) is 3.00. The molecule has 1 aromatic carbocycles. The summed E-state index contributed by atoms with van der Waals surface area (Å²) >= 11 is 3.24. The van der Waals surface area contributed by atoms with E-state index in [2.05, 4.69) is 35.2 Å². The largest absolute Gasteiger partial charge is 0.294 e. The molecule has 25 heavy (non-hydrogen) atoms. The molecule has 0 saturated heterocycles. The molecule has 1 aliphatic heterocycles. The summed E-state index contributed by atoms with van der Waals surface area (Å²) < 4.78 is 1.80. The summed E-state index contributed by atoms with van der Waals surface area (Å²) in [4.78, 5) is 22.4. The van der Waals surface area contributed by atoms with E-state index in [1.54, 1.807) is 27.7 Å². The lowest BCUT2D eigenvalue weighted by atomic mass is 10.0. The van der Waals surface area contributed by atoms with Crippen LogP contribution in [0.3, 0.4) is 0 Å². The maximum absolute atomic E-state index is 12.9. The van der Waals surface area contributed by atoms with Crippen LogP contribution in [0, 0.1) is 0 Å². The molecule has 0 bridgehead atoms. The van der Waals surface area contributed by atoms with Gasteiger partial charge in [0.25, 0.3) is 5.56 Å². The Bertz CT molecular complexity index is 962. The number of benzene rings is 1. The van der Waals surface area contributed by atoms with Gasteiger partial charge in [0.1, 0.15) is 4.83 Å². The standard InChI is InChI=1S/C19H21N3OS2/c1-3-22-18(23)16-14-9-10-21(11-13-7-5-4-6-8-13)12-15(14)25-17(16)20-19(22)24-2/h4-8H,3,9-12H2,1-2H3. The van der Waals surface area contributed by atoms with Crippen LogP contribution < -0.4 is 5.56 Å². The number of rotatable bonds is 4. The first-order valence-electron chi connectivity index (χ1n) is 8.56. The van der Waals surface area contributed by atoms with E-state index in [0.717, 1.165) is 41.4 Å². The smallest absolute Gasteiger partial charge is 0.263 e. The Kier molecular flexibility index (Phi) is 4.67. The molecule has 0 aliphatic carbocycles. The van der Waals surface area contributed by atoms with Gasteiger partial charge in [0.05, 0.1) is 5.39 Å². The summed E-state index contributed by atoms with van der Waals surface area (Å²) in [6.07, 6.45) is 2.91. The lowest BCUT2D eigenvalue weighted by Crippen LogP contribution is -2.30. The van der Waals surface area contributed by atoms with Crippen LogP contribution in [0.5, 0.6) is 0 Å². The number of thioether (sulfide) groups is 1. The molecule has 1 aliphatic rings. The van der Waals surface area contributed by atoms with Gasteiger partial charge in [-0.25, -0.2) is 4.98 Å². The maximum Gasteiger partial charge on any atom is 0.263 e. The van der Waals surface area contributed by atoms with Gasteiger partial charge in [0, 0.05) is 31.1 Å². The molecule has 0 atom stereocenters. The molecule has 0 N–H and O–H groups in total. The SMILES string of the molecule is CCn1c(SC)nc2sc3c(c2c1=O)CCN(Cc1ccccc1)C3. The number of aromatic nitrogens is 2. The van der Waals surface area contributed by atoms with E-state index in [4.69, 9.17) is 4.98 Å². The molecule has 0 spiro atoms. The molecule has 3 aromatic rings. The summed E-state index contributed by atoms with van der Waals surface area (Å²) in [5, 5.41) is 1.68. The van der Waals surface area contributed by atoms with E-state index in [-0.39, 0.29) is 5.56 Å². The second kappa shape index (κ2) is 6.94. The van der Waals surface area contributed by atoms with Crippen molar-refractivity contribution in [1.29, 1.82) is 0 Å². The zero-order chi connectivity index (χ0) is 17.4. The van der Waals surface area contributed by atoms with E-state index in [1.165, 1.54) is 16.0 Å². The molecule has 6 heteroatoms. The minimum atomic E-state index is 0.130. The van der Waals surface area contributed by atoms with Crippen LogP contribution in [0.25, 0.3) is 10.2 Å². The number of hydrogen-bond donors (Lipinski definition) is 0. The fourth-order valence-corrected chi connectivity index (χ4v) is 5.45. The molecule has 0 fully saturated rings. The molecule has 3 heterocycles. The summed E-state index contributed by atoms with van der Waals surface area (Å²) in [6.45, 7) is 5.53. The van der Waals surface area contributed by atoms with Crippen LogP contribution in [0.1, 0.15) is 22.9 Å². The van der Waals surface area contributed by atoms with Crippen molar-refractivity contribution < 1.29 is 0 Å². The maximum atomic E-state index is 12.9. The monoisotopic (exact) mass is 371 g/mol. The second-order valence-electron chi connectivity index (χ2n) is 6.28. The van der Waals surface area contributed by atoms with Gasteiger partial charge in [-0.1, -0.05) is 42.1 Å². The third-order valence-electron chi connectivity index (χ3n) is 4.75. The minimum Gasteiger partial charge on any atom is -0.294 e. The predicted octanol–water partition coefficient (Wildman–Crippen LogP) is 3.76. The van der Waals surface area contributed by atoms with Gasteiger partial charge in [-0.15, -0.1) is 11.3 Å². The van der Waals surface area contributed by atoms with Gasteiger partial charge in [-0.3, -0.25) is 14.3 Å². The first kappa shape index (κ1) is 16.8. The number of fused-ring (bicyclic) bond motifs is 3. The first-order valence-corrected chi connectivity index (χ1v) is 10.6. The fraction of sp³-hybridized carbons (Fsp3) is 0.368. The van der Waals surface area contributed by atoms with Crippen LogP contribution in [0.4, 0.5) is 0 Å². The molecule has 0 unspecified atom stereocenters. The average molecular weight is 372 g/mol. The molecule has 2 aromatic heterocycles. The zero-order valence-corrected chi connectivity index (χ0v) is 16.1. The minimum absolute atomic E-state index is 0.130. The molecule has 130 valence electrons. The number of nitrogens with zero attached hydrogens (tertiary/aromatic N) is 3. The van der Waals surface area contributed by atoms with Crippen LogP contribution in [0.15, 0.2) is 40.3 Å². The third kappa shape index (κ3) is 3.03. The van der Waals surface area contributed by atoms with Crippen molar-refractivity contribution >= 4 is 33.3 Å². The van der Waals surface area contributed by atoms with Gasteiger partial charge in [0.2, 0.25) is 0 Å². The third-order valence-corrected chi connectivity index (χ3v) is 6.54. The van der Waals surface area contributed by atoms with Crippen molar-refractivity contribution in [2.24, 2.45) is 0 Å². The van der Waals surface area contributed by atoms with E-state index in [9.17, 15) is 4.79 Å². The Morgan fingerprint density at radius 2 is 2.08 bits per heavy atom. The Hall–Kier alpha value is -1.63. The fourth-order valence-electron chi connectivity index (χ4n) is 3.52.